The molecule has 2 heterocycles. The van der Waals surface area contributed by atoms with Crippen LogP contribution in [0.2, 0.25) is 5.02 Å². The van der Waals surface area contributed by atoms with E-state index in [0.717, 1.165) is 25.2 Å². The van der Waals surface area contributed by atoms with Crippen LogP contribution in [0, 0.1) is 0 Å². The lowest BCUT2D eigenvalue weighted by Crippen LogP contribution is -2.30. The number of fused-ring (bicyclic) bond motifs is 1. The summed E-state index contributed by atoms with van der Waals surface area (Å²) in [4.78, 5) is 19.1. The summed E-state index contributed by atoms with van der Waals surface area (Å²) in [6.45, 7) is 1.75. The van der Waals surface area contributed by atoms with E-state index in [1.165, 1.54) is 11.1 Å². The van der Waals surface area contributed by atoms with E-state index >= 15 is 0 Å². The Morgan fingerprint density at radius 3 is 2.73 bits per heavy atom. The van der Waals surface area contributed by atoms with Crippen molar-refractivity contribution in [2.24, 2.45) is 0 Å². The number of anilines is 2. The molecule has 0 aliphatic carbocycles. The van der Waals surface area contributed by atoms with Crippen molar-refractivity contribution in [3.05, 3.63) is 88.7 Å². The minimum atomic E-state index is -0.195. The van der Waals surface area contributed by atoms with Crippen molar-refractivity contribution in [1.29, 1.82) is 0 Å². The zero-order valence-corrected chi connectivity index (χ0v) is 14.9. The fourth-order valence-corrected chi connectivity index (χ4v) is 3.40. The molecule has 130 valence electrons. The van der Waals surface area contributed by atoms with Crippen molar-refractivity contribution in [3.63, 3.8) is 0 Å². The number of rotatable bonds is 3. The molecule has 0 fully saturated rings. The first-order chi connectivity index (χ1) is 12.7. The van der Waals surface area contributed by atoms with Crippen LogP contribution in [0.3, 0.4) is 0 Å². The molecule has 0 saturated heterocycles. The normalized spacial score (nSPS) is 13.2. The molecule has 26 heavy (non-hydrogen) atoms. The van der Waals surface area contributed by atoms with Gasteiger partial charge < -0.3 is 10.2 Å². The number of pyridine rings is 1. The first-order valence-corrected chi connectivity index (χ1v) is 8.90. The van der Waals surface area contributed by atoms with Gasteiger partial charge in [-0.1, -0.05) is 41.9 Å². The molecule has 3 aromatic rings. The predicted molar refractivity (Wildman–Crippen MR) is 105 cm³/mol. The van der Waals surface area contributed by atoms with Crippen LogP contribution in [-0.2, 0) is 13.0 Å². The largest absolute Gasteiger partial charge is 0.366 e. The van der Waals surface area contributed by atoms with E-state index in [2.05, 4.69) is 39.5 Å². The van der Waals surface area contributed by atoms with Crippen molar-refractivity contribution < 1.29 is 4.79 Å². The molecule has 0 radical (unpaired) electrons. The molecule has 4 rings (SSSR count). The summed E-state index contributed by atoms with van der Waals surface area (Å²) < 4.78 is 0. The molecule has 1 aromatic heterocycles. The van der Waals surface area contributed by atoms with Crippen molar-refractivity contribution >= 4 is 28.9 Å². The van der Waals surface area contributed by atoms with Crippen LogP contribution < -0.4 is 10.2 Å². The smallest absolute Gasteiger partial charge is 0.257 e. The van der Waals surface area contributed by atoms with Gasteiger partial charge in [0.1, 0.15) is 0 Å². The summed E-state index contributed by atoms with van der Waals surface area (Å²) >= 11 is 5.97. The number of benzene rings is 2. The molecule has 1 aliphatic heterocycles. The highest BCUT2D eigenvalue weighted by Gasteiger charge is 2.17. The molecule has 1 N–H and O–H groups in total. The maximum Gasteiger partial charge on any atom is 0.257 e. The Morgan fingerprint density at radius 1 is 1.04 bits per heavy atom. The number of hydrogen-bond acceptors (Lipinski definition) is 3. The molecule has 2 aromatic carbocycles. The van der Waals surface area contributed by atoms with E-state index in [0.29, 0.717) is 16.3 Å². The molecular weight excluding hydrogens is 346 g/mol. The third-order valence-corrected chi connectivity index (χ3v) is 4.80. The van der Waals surface area contributed by atoms with Crippen LogP contribution in [0.4, 0.5) is 11.4 Å². The van der Waals surface area contributed by atoms with E-state index in [4.69, 9.17) is 11.6 Å². The van der Waals surface area contributed by atoms with Crippen LogP contribution >= 0.6 is 11.6 Å². The second-order valence-corrected chi connectivity index (χ2v) is 6.77. The Bertz CT molecular complexity index is 957. The molecule has 5 heteroatoms. The third kappa shape index (κ3) is 3.55. The van der Waals surface area contributed by atoms with Gasteiger partial charge in [-0.2, -0.15) is 0 Å². The maximum absolute atomic E-state index is 12.5. The summed E-state index contributed by atoms with van der Waals surface area (Å²) in [7, 11) is 0. The van der Waals surface area contributed by atoms with Gasteiger partial charge in [-0.3, -0.25) is 9.78 Å². The van der Waals surface area contributed by atoms with E-state index in [9.17, 15) is 4.79 Å². The summed E-state index contributed by atoms with van der Waals surface area (Å²) in [5.74, 6) is -0.195. The number of hydrogen-bond donors (Lipinski definition) is 1. The SMILES string of the molecule is O=C(Nc1cccc(Cl)c1)c1cncc(N2CCc3ccccc3C2)c1. The summed E-state index contributed by atoms with van der Waals surface area (Å²) in [6, 6.07) is 17.5. The Hall–Kier alpha value is -2.85. The van der Waals surface area contributed by atoms with Gasteiger partial charge >= 0.3 is 0 Å². The van der Waals surface area contributed by atoms with Crippen LogP contribution in [0.15, 0.2) is 67.0 Å². The number of halogens is 1. The van der Waals surface area contributed by atoms with Gasteiger partial charge in [0.15, 0.2) is 0 Å². The quantitative estimate of drug-likeness (QED) is 0.742. The van der Waals surface area contributed by atoms with Crippen molar-refractivity contribution in [2.75, 3.05) is 16.8 Å². The minimum Gasteiger partial charge on any atom is -0.366 e. The zero-order valence-electron chi connectivity index (χ0n) is 14.2. The van der Waals surface area contributed by atoms with E-state index in [1.807, 2.05) is 18.3 Å². The van der Waals surface area contributed by atoms with Crippen LogP contribution in [0.1, 0.15) is 21.5 Å². The van der Waals surface area contributed by atoms with Gasteiger partial charge in [-0.15, -0.1) is 0 Å². The molecule has 0 atom stereocenters. The minimum absolute atomic E-state index is 0.195. The number of nitrogens with zero attached hydrogens (tertiary/aromatic N) is 2. The standard InChI is InChI=1S/C21H18ClN3O/c22-18-6-3-7-19(11-18)24-21(26)17-10-20(13-23-12-17)25-9-8-15-4-1-2-5-16(15)14-25/h1-7,10-13H,8-9,14H2,(H,24,26). The molecule has 1 aliphatic rings. The molecule has 1 amide bonds. The second-order valence-electron chi connectivity index (χ2n) is 6.34. The van der Waals surface area contributed by atoms with E-state index in [1.54, 1.807) is 24.4 Å². The number of nitrogens with one attached hydrogen (secondary N) is 1. The predicted octanol–water partition coefficient (Wildman–Crippen LogP) is 4.55. The number of aromatic nitrogens is 1. The highest BCUT2D eigenvalue weighted by atomic mass is 35.5. The number of amides is 1. The lowest BCUT2D eigenvalue weighted by atomic mass is 9.99. The van der Waals surface area contributed by atoms with Gasteiger partial charge in [0, 0.05) is 30.0 Å². The van der Waals surface area contributed by atoms with Crippen LogP contribution in [0.25, 0.3) is 0 Å². The molecule has 0 bridgehead atoms. The number of carbonyl (C=O) groups is 1. The Labute approximate surface area is 157 Å². The van der Waals surface area contributed by atoms with Gasteiger partial charge in [-0.25, -0.2) is 0 Å². The lowest BCUT2D eigenvalue weighted by Gasteiger charge is -2.30. The lowest BCUT2D eigenvalue weighted by molar-refractivity contribution is 0.102. The van der Waals surface area contributed by atoms with Crippen molar-refractivity contribution in [1.82, 2.24) is 4.98 Å². The first kappa shape index (κ1) is 16.6. The Kier molecular flexibility index (Phi) is 4.59. The summed E-state index contributed by atoms with van der Waals surface area (Å²) in [5, 5.41) is 3.45. The molecule has 4 nitrogen and oxygen atoms in total. The summed E-state index contributed by atoms with van der Waals surface area (Å²) in [5.41, 5.74) is 4.87. The van der Waals surface area contributed by atoms with Crippen molar-refractivity contribution in [2.45, 2.75) is 13.0 Å². The van der Waals surface area contributed by atoms with E-state index in [-0.39, 0.29) is 5.91 Å². The fourth-order valence-electron chi connectivity index (χ4n) is 3.21. The average Bonchev–Trinajstić information content (AvgIpc) is 2.68. The highest BCUT2D eigenvalue weighted by molar-refractivity contribution is 6.30. The summed E-state index contributed by atoms with van der Waals surface area (Å²) in [6.07, 6.45) is 4.39. The molecule has 0 spiro atoms. The number of carbonyl (C=O) groups excluding carboxylic acids is 1. The fraction of sp³-hybridized carbons (Fsp3) is 0.143. The van der Waals surface area contributed by atoms with Gasteiger partial charge in [0.25, 0.3) is 5.91 Å². The van der Waals surface area contributed by atoms with Crippen molar-refractivity contribution in [3.8, 4) is 0 Å². The maximum atomic E-state index is 12.5. The Balaban J connectivity index is 1.53. The molecule has 0 saturated carbocycles. The van der Waals surface area contributed by atoms with Gasteiger partial charge in [-0.05, 0) is 41.8 Å². The van der Waals surface area contributed by atoms with Gasteiger partial charge in [0.05, 0.1) is 17.4 Å². The van der Waals surface area contributed by atoms with Crippen LogP contribution in [-0.4, -0.2) is 17.4 Å². The third-order valence-electron chi connectivity index (χ3n) is 4.56. The van der Waals surface area contributed by atoms with E-state index < -0.39 is 0 Å². The monoisotopic (exact) mass is 363 g/mol. The average molecular weight is 364 g/mol. The highest BCUT2D eigenvalue weighted by Crippen LogP contribution is 2.25. The Morgan fingerprint density at radius 2 is 1.88 bits per heavy atom. The molecule has 0 unspecified atom stereocenters. The van der Waals surface area contributed by atoms with Gasteiger partial charge in [0.2, 0.25) is 0 Å². The van der Waals surface area contributed by atoms with Crippen LogP contribution in [0.5, 0.6) is 0 Å². The second kappa shape index (κ2) is 7.18. The topological polar surface area (TPSA) is 45.2 Å². The zero-order chi connectivity index (χ0) is 17.9. The molecular formula is C21H18ClN3O. The first-order valence-electron chi connectivity index (χ1n) is 8.53.